The summed E-state index contributed by atoms with van der Waals surface area (Å²) in [5.74, 6) is 0.418. The Morgan fingerprint density at radius 2 is 2.42 bits per heavy atom. The lowest BCUT2D eigenvalue weighted by Crippen LogP contribution is -2.27. The van der Waals surface area contributed by atoms with E-state index in [1.54, 1.807) is 24.3 Å². The number of ether oxygens (including phenoxy) is 2. The fourth-order valence-electron chi connectivity index (χ4n) is 2.00. The lowest BCUT2D eigenvalue weighted by atomic mass is 10.2. The Hall–Kier alpha value is -2.06. The number of carbonyl (C=O) groups is 1. The summed E-state index contributed by atoms with van der Waals surface area (Å²) in [6, 6.07) is 8.86. The highest BCUT2D eigenvalue weighted by molar-refractivity contribution is 5.94. The third-order valence-corrected chi connectivity index (χ3v) is 2.93. The maximum atomic E-state index is 12.0. The molecule has 2 atom stereocenters. The van der Waals surface area contributed by atoms with Crippen LogP contribution in [-0.2, 0) is 9.53 Å². The van der Waals surface area contributed by atoms with E-state index in [1.165, 1.54) is 0 Å². The number of benzene rings is 1. The molecule has 100 valence electrons. The van der Waals surface area contributed by atoms with E-state index < -0.39 is 0 Å². The Bertz CT molecular complexity index is 496. The number of nitrogens with one attached hydrogen (secondary N) is 1. The maximum absolute atomic E-state index is 12.0. The Balaban J connectivity index is 1.95. The van der Waals surface area contributed by atoms with Gasteiger partial charge in [0.05, 0.1) is 6.10 Å². The monoisotopic (exact) mass is 260 g/mol. The van der Waals surface area contributed by atoms with Crippen LogP contribution < -0.4 is 10.1 Å². The first-order valence-electron chi connectivity index (χ1n) is 6.25. The summed E-state index contributed by atoms with van der Waals surface area (Å²) in [5, 5.41) is 11.2. The minimum Gasteiger partial charge on any atom is -0.479 e. The Morgan fingerprint density at radius 3 is 3.11 bits per heavy atom. The molecule has 2 unspecified atom stereocenters. The minimum absolute atomic E-state index is 0.0132. The van der Waals surface area contributed by atoms with Gasteiger partial charge >= 0.3 is 0 Å². The second-order valence-electron chi connectivity index (χ2n) is 4.48. The Labute approximate surface area is 112 Å². The van der Waals surface area contributed by atoms with Gasteiger partial charge in [0, 0.05) is 11.8 Å². The topological polar surface area (TPSA) is 71.3 Å². The molecule has 1 aliphatic heterocycles. The average molecular weight is 260 g/mol. The number of amides is 1. The normalized spacial score (nSPS) is 21.7. The van der Waals surface area contributed by atoms with Crippen LogP contribution in [-0.4, -0.2) is 24.7 Å². The summed E-state index contributed by atoms with van der Waals surface area (Å²) in [7, 11) is 0. The number of carbonyl (C=O) groups excluding carboxylic acids is 1. The maximum Gasteiger partial charge on any atom is 0.253 e. The number of hydrogen-bond acceptors (Lipinski definition) is 4. The highest BCUT2D eigenvalue weighted by Crippen LogP contribution is 2.22. The zero-order chi connectivity index (χ0) is 13.7. The molecule has 0 aromatic heterocycles. The lowest BCUT2D eigenvalue weighted by molar-refractivity contribution is -0.126. The van der Waals surface area contributed by atoms with Gasteiger partial charge in [0.15, 0.2) is 6.61 Å². The molecule has 1 heterocycles. The third-order valence-electron chi connectivity index (χ3n) is 2.93. The van der Waals surface area contributed by atoms with Crippen molar-refractivity contribution in [3.05, 3.63) is 24.3 Å². The molecule has 0 bridgehead atoms. The van der Waals surface area contributed by atoms with Crippen LogP contribution in [0.1, 0.15) is 19.8 Å². The molecule has 5 heteroatoms. The summed E-state index contributed by atoms with van der Waals surface area (Å²) in [6.07, 6.45) is 1.42. The van der Waals surface area contributed by atoms with Gasteiger partial charge in [-0.3, -0.25) is 4.79 Å². The fraction of sp³-hybridized carbons (Fsp3) is 0.429. The molecule has 1 aromatic rings. The molecule has 1 amide bonds. The van der Waals surface area contributed by atoms with Crippen molar-refractivity contribution in [2.75, 3.05) is 11.9 Å². The predicted octanol–water partition coefficient (Wildman–Crippen LogP) is 2.09. The number of rotatable bonds is 4. The van der Waals surface area contributed by atoms with Gasteiger partial charge in [0.1, 0.15) is 17.9 Å². The standard InChI is InChI=1S/C14H16N2O3/c1-10-5-6-13(19-10)14(17)16-11-3-2-4-12(9-11)18-8-7-15/h2-4,9-10,13H,5-6,8H2,1H3,(H,16,17). The molecule has 1 N–H and O–H groups in total. The molecule has 5 nitrogen and oxygen atoms in total. The van der Waals surface area contributed by atoms with Crippen LogP contribution in [0.3, 0.4) is 0 Å². The summed E-state index contributed by atoms with van der Waals surface area (Å²) in [4.78, 5) is 12.0. The predicted molar refractivity (Wildman–Crippen MR) is 69.7 cm³/mol. The van der Waals surface area contributed by atoms with Crippen LogP contribution in [0.25, 0.3) is 0 Å². The number of nitrogens with zero attached hydrogens (tertiary/aromatic N) is 1. The van der Waals surface area contributed by atoms with Gasteiger partial charge in [0.2, 0.25) is 0 Å². The van der Waals surface area contributed by atoms with Crippen LogP contribution in [0.2, 0.25) is 0 Å². The molecular formula is C14H16N2O3. The van der Waals surface area contributed by atoms with Gasteiger partial charge in [0.25, 0.3) is 5.91 Å². The second-order valence-corrected chi connectivity index (χ2v) is 4.48. The quantitative estimate of drug-likeness (QED) is 0.899. The van der Waals surface area contributed by atoms with E-state index in [0.717, 1.165) is 12.8 Å². The average Bonchev–Trinajstić information content (AvgIpc) is 2.83. The van der Waals surface area contributed by atoms with Gasteiger partial charge in [-0.05, 0) is 31.9 Å². The third kappa shape index (κ3) is 3.70. The molecule has 1 aliphatic rings. The number of nitriles is 1. The van der Waals surface area contributed by atoms with Crippen LogP contribution in [0.4, 0.5) is 5.69 Å². The van der Waals surface area contributed by atoms with E-state index in [2.05, 4.69) is 5.32 Å². The lowest BCUT2D eigenvalue weighted by Gasteiger charge is -2.12. The summed E-state index contributed by atoms with van der Waals surface area (Å²) in [5.41, 5.74) is 0.642. The van der Waals surface area contributed by atoms with E-state index >= 15 is 0 Å². The minimum atomic E-state index is -0.376. The van der Waals surface area contributed by atoms with Crippen molar-refractivity contribution in [2.45, 2.75) is 32.0 Å². The van der Waals surface area contributed by atoms with Gasteiger partial charge < -0.3 is 14.8 Å². The van der Waals surface area contributed by atoms with Gasteiger partial charge in [-0.15, -0.1) is 0 Å². The van der Waals surface area contributed by atoms with Gasteiger partial charge in [-0.1, -0.05) is 6.07 Å². The van der Waals surface area contributed by atoms with Crippen molar-refractivity contribution in [1.29, 1.82) is 5.26 Å². The van der Waals surface area contributed by atoms with Gasteiger partial charge in [-0.25, -0.2) is 0 Å². The van der Waals surface area contributed by atoms with Crippen LogP contribution in [0.5, 0.6) is 5.75 Å². The molecule has 0 saturated carbocycles. The molecule has 2 rings (SSSR count). The van der Waals surface area contributed by atoms with Crippen LogP contribution in [0, 0.1) is 11.3 Å². The summed E-state index contributed by atoms with van der Waals surface area (Å²) < 4.78 is 10.7. The highest BCUT2D eigenvalue weighted by atomic mass is 16.5. The molecule has 1 saturated heterocycles. The Kier molecular flexibility index (Phi) is 4.37. The second kappa shape index (κ2) is 6.21. The van der Waals surface area contributed by atoms with Crippen molar-refractivity contribution in [3.8, 4) is 11.8 Å². The first-order valence-corrected chi connectivity index (χ1v) is 6.25. The van der Waals surface area contributed by atoms with Crippen LogP contribution in [0.15, 0.2) is 24.3 Å². The largest absolute Gasteiger partial charge is 0.479 e. The first-order chi connectivity index (χ1) is 9.19. The van der Waals surface area contributed by atoms with Crippen molar-refractivity contribution in [1.82, 2.24) is 0 Å². The molecular weight excluding hydrogens is 244 g/mol. The van der Waals surface area contributed by atoms with E-state index in [-0.39, 0.29) is 24.7 Å². The smallest absolute Gasteiger partial charge is 0.253 e. The van der Waals surface area contributed by atoms with Crippen molar-refractivity contribution in [2.24, 2.45) is 0 Å². The summed E-state index contributed by atoms with van der Waals surface area (Å²) >= 11 is 0. The molecule has 0 spiro atoms. The molecule has 1 fully saturated rings. The molecule has 0 aliphatic carbocycles. The van der Waals surface area contributed by atoms with Crippen molar-refractivity contribution < 1.29 is 14.3 Å². The fourth-order valence-corrected chi connectivity index (χ4v) is 2.00. The van der Waals surface area contributed by atoms with E-state index in [4.69, 9.17) is 14.7 Å². The SMILES string of the molecule is CC1CCC(C(=O)Nc2cccc(OCC#N)c2)O1. The van der Waals surface area contributed by atoms with E-state index in [1.807, 2.05) is 13.0 Å². The zero-order valence-electron chi connectivity index (χ0n) is 10.8. The first kappa shape index (κ1) is 13.4. The summed E-state index contributed by atoms with van der Waals surface area (Å²) in [6.45, 7) is 1.95. The van der Waals surface area contributed by atoms with Crippen LogP contribution >= 0.6 is 0 Å². The highest BCUT2D eigenvalue weighted by Gasteiger charge is 2.28. The van der Waals surface area contributed by atoms with Crippen molar-refractivity contribution in [3.63, 3.8) is 0 Å². The molecule has 1 aromatic carbocycles. The number of hydrogen-bond donors (Lipinski definition) is 1. The van der Waals surface area contributed by atoms with Gasteiger partial charge in [-0.2, -0.15) is 5.26 Å². The zero-order valence-corrected chi connectivity index (χ0v) is 10.8. The van der Waals surface area contributed by atoms with Crippen molar-refractivity contribution >= 4 is 11.6 Å². The molecule has 19 heavy (non-hydrogen) atoms. The van der Waals surface area contributed by atoms with E-state index in [9.17, 15) is 4.79 Å². The Morgan fingerprint density at radius 1 is 1.58 bits per heavy atom. The van der Waals surface area contributed by atoms with E-state index in [0.29, 0.717) is 11.4 Å². The number of anilines is 1. The molecule has 0 radical (unpaired) electrons.